The number of aromatic nitrogens is 4. The lowest BCUT2D eigenvalue weighted by Gasteiger charge is -2.17. The van der Waals surface area contributed by atoms with E-state index in [9.17, 15) is 4.79 Å². The van der Waals surface area contributed by atoms with Crippen molar-refractivity contribution in [2.75, 3.05) is 5.32 Å². The Balaban J connectivity index is 1.46. The summed E-state index contributed by atoms with van der Waals surface area (Å²) in [4.78, 5) is 21.7. The number of benzene rings is 2. The van der Waals surface area contributed by atoms with Gasteiger partial charge in [0.2, 0.25) is 5.95 Å². The fraction of sp³-hybridized carbons (Fsp3) is 0.231. The number of hydrogen-bond donors (Lipinski definition) is 1. The Kier molecular flexibility index (Phi) is 6.49. The Morgan fingerprint density at radius 3 is 2.39 bits per heavy atom. The van der Waals surface area contributed by atoms with Gasteiger partial charge in [-0.1, -0.05) is 63.2 Å². The molecule has 4 aromatic rings. The summed E-state index contributed by atoms with van der Waals surface area (Å²) < 4.78 is 7.20. The van der Waals surface area contributed by atoms with E-state index in [0.717, 1.165) is 22.4 Å². The second kappa shape index (κ2) is 9.65. The van der Waals surface area contributed by atoms with Gasteiger partial charge in [-0.05, 0) is 35.4 Å². The number of hydrogen-bond acceptors (Lipinski definition) is 6. The number of carbonyl (C=O) groups is 1. The van der Waals surface area contributed by atoms with E-state index in [1.54, 1.807) is 12.4 Å². The van der Waals surface area contributed by atoms with Gasteiger partial charge < -0.3 is 10.1 Å². The van der Waals surface area contributed by atoms with Gasteiger partial charge in [-0.15, -0.1) is 5.10 Å². The van der Waals surface area contributed by atoms with Crippen LogP contribution in [0.25, 0.3) is 11.4 Å². The molecule has 33 heavy (non-hydrogen) atoms. The van der Waals surface area contributed by atoms with Crippen LogP contribution >= 0.6 is 0 Å². The van der Waals surface area contributed by atoms with Crippen molar-refractivity contribution < 1.29 is 9.53 Å². The molecular weight excluding hydrogens is 414 g/mol. The van der Waals surface area contributed by atoms with Gasteiger partial charge in [-0.25, -0.2) is 0 Å². The van der Waals surface area contributed by atoms with Gasteiger partial charge in [-0.2, -0.15) is 9.67 Å². The van der Waals surface area contributed by atoms with Crippen molar-refractivity contribution in [3.8, 4) is 17.1 Å². The molecule has 0 fully saturated rings. The van der Waals surface area contributed by atoms with Crippen molar-refractivity contribution in [3.63, 3.8) is 0 Å². The van der Waals surface area contributed by atoms with Crippen molar-refractivity contribution in [2.24, 2.45) is 5.41 Å². The first kappa shape index (κ1) is 22.2. The number of ether oxygens (including phenoxy) is 1. The van der Waals surface area contributed by atoms with Crippen LogP contribution in [0.1, 0.15) is 36.7 Å². The Labute approximate surface area is 193 Å². The normalized spacial score (nSPS) is 11.2. The highest BCUT2D eigenvalue weighted by Gasteiger charge is 2.27. The molecule has 2 aromatic heterocycles. The molecule has 2 aromatic carbocycles. The van der Waals surface area contributed by atoms with E-state index in [2.05, 4.69) is 20.4 Å². The number of anilines is 1. The second-order valence-electron chi connectivity index (χ2n) is 8.74. The lowest BCUT2D eigenvalue weighted by atomic mass is 9.96. The topological polar surface area (TPSA) is 81.9 Å². The van der Waals surface area contributed by atoms with Crippen LogP contribution in [0.4, 0.5) is 5.95 Å². The summed E-state index contributed by atoms with van der Waals surface area (Å²) in [6.45, 7) is 6.59. The van der Waals surface area contributed by atoms with Crippen LogP contribution in [0.2, 0.25) is 0 Å². The minimum atomic E-state index is -0.603. The van der Waals surface area contributed by atoms with Gasteiger partial charge in [0.25, 0.3) is 5.91 Å². The molecule has 0 atom stereocenters. The van der Waals surface area contributed by atoms with Gasteiger partial charge in [0.05, 0.1) is 0 Å². The highest BCUT2D eigenvalue weighted by Crippen LogP contribution is 2.23. The first-order valence-corrected chi connectivity index (χ1v) is 10.8. The Bertz CT molecular complexity index is 1200. The molecule has 0 aliphatic rings. The molecule has 0 saturated carbocycles. The van der Waals surface area contributed by atoms with E-state index in [1.807, 2.05) is 87.5 Å². The molecule has 0 radical (unpaired) electrons. The standard InChI is InChI=1S/C26H27N5O2/c1-26(2,3)24(32)31-25(29-23(30-31)21-10-7-15-27-17-21)28-16-19-11-13-22(14-12-19)33-18-20-8-5-4-6-9-20/h4-15,17H,16,18H2,1-3H3,(H,28,29,30). The first-order chi connectivity index (χ1) is 15.9. The summed E-state index contributed by atoms with van der Waals surface area (Å²) in [7, 11) is 0. The highest BCUT2D eigenvalue weighted by atomic mass is 16.5. The van der Waals surface area contributed by atoms with Crippen molar-refractivity contribution in [1.29, 1.82) is 0 Å². The van der Waals surface area contributed by atoms with Crippen LogP contribution in [0.3, 0.4) is 0 Å². The largest absolute Gasteiger partial charge is 0.489 e. The molecule has 7 nitrogen and oxygen atoms in total. The van der Waals surface area contributed by atoms with Gasteiger partial charge in [0.15, 0.2) is 5.82 Å². The predicted octanol–water partition coefficient (Wildman–Crippen LogP) is 5.22. The SMILES string of the molecule is CC(C)(C)C(=O)n1nc(-c2cccnc2)nc1NCc1ccc(OCc2ccccc2)cc1. The molecule has 0 bridgehead atoms. The second-order valence-corrected chi connectivity index (χ2v) is 8.74. The van der Waals surface area contributed by atoms with Crippen molar-refractivity contribution >= 4 is 11.9 Å². The lowest BCUT2D eigenvalue weighted by Crippen LogP contribution is -2.29. The molecule has 4 rings (SSSR count). The number of pyridine rings is 1. The minimum Gasteiger partial charge on any atom is -0.489 e. The third-order valence-corrected chi connectivity index (χ3v) is 4.98. The minimum absolute atomic E-state index is 0.141. The summed E-state index contributed by atoms with van der Waals surface area (Å²) >= 11 is 0. The first-order valence-electron chi connectivity index (χ1n) is 10.8. The molecule has 1 N–H and O–H groups in total. The molecule has 0 saturated heterocycles. The third-order valence-electron chi connectivity index (χ3n) is 4.98. The number of rotatable bonds is 7. The van der Waals surface area contributed by atoms with E-state index in [4.69, 9.17) is 4.74 Å². The maximum atomic E-state index is 13.0. The molecule has 0 unspecified atom stereocenters. The lowest BCUT2D eigenvalue weighted by molar-refractivity contribution is 0.0752. The molecule has 0 aliphatic heterocycles. The van der Waals surface area contributed by atoms with E-state index in [1.165, 1.54) is 4.68 Å². The van der Waals surface area contributed by atoms with Crippen LogP contribution < -0.4 is 10.1 Å². The Morgan fingerprint density at radius 2 is 1.73 bits per heavy atom. The van der Waals surface area contributed by atoms with Crippen LogP contribution in [-0.4, -0.2) is 25.7 Å². The monoisotopic (exact) mass is 441 g/mol. The molecule has 0 amide bonds. The van der Waals surface area contributed by atoms with Gasteiger partial charge in [0.1, 0.15) is 12.4 Å². The maximum Gasteiger partial charge on any atom is 0.255 e. The quantitative estimate of drug-likeness (QED) is 0.424. The van der Waals surface area contributed by atoms with Crippen molar-refractivity contribution in [1.82, 2.24) is 19.7 Å². The molecule has 168 valence electrons. The van der Waals surface area contributed by atoms with Crippen LogP contribution in [0.5, 0.6) is 5.75 Å². The van der Waals surface area contributed by atoms with E-state index >= 15 is 0 Å². The summed E-state index contributed by atoms with van der Waals surface area (Å²) in [6, 6.07) is 21.6. The highest BCUT2D eigenvalue weighted by molar-refractivity contribution is 5.86. The van der Waals surface area contributed by atoms with E-state index in [0.29, 0.717) is 24.9 Å². The van der Waals surface area contributed by atoms with Crippen LogP contribution in [0.15, 0.2) is 79.1 Å². The Morgan fingerprint density at radius 1 is 0.970 bits per heavy atom. The van der Waals surface area contributed by atoms with Crippen molar-refractivity contribution in [3.05, 3.63) is 90.3 Å². The number of nitrogens with zero attached hydrogens (tertiary/aromatic N) is 4. The van der Waals surface area contributed by atoms with Crippen LogP contribution in [0, 0.1) is 5.41 Å². The zero-order valence-corrected chi connectivity index (χ0v) is 19.0. The number of nitrogens with one attached hydrogen (secondary N) is 1. The molecule has 0 aliphatic carbocycles. The summed E-state index contributed by atoms with van der Waals surface area (Å²) in [5.74, 6) is 1.51. The van der Waals surface area contributed by atoms with Gasteiger partial charge in [0, 0.05) is 29.9 Å². The average Bonchev–Trinajstić information content (AvgIpc) is 3.26. The van der Waals surface area contributed by atoms with E-state index in [-0.39, 0.29) is 5.91 Å². The van der Waals surface area contributed by atoms with E-state index < -0.39 is 5.41 Å². The zero-order chi connectivity index (χ0) is 23.3. The average molecular weight is 442 g/mol. The summed E-state index contributed by atoms with van der Waals surface area (Å²) in [6.07, 6.45) is 3.37. The summed E-state index contributed by atoms with van der Waals surface area (Å²) in [5.41, 5.74) is 2.30. The van der Waals surface area contributed by atoms with Gasteiger partial charge in [-0.3, -0.25) is 9.78 Å². The molecule has 0 spiro atoms. The molecule has 2 heterocycles. The molecular formula is C26H27N5O2. The number of carbonyl (C=O) groups excluding carboxylic acids is 1. The Hall–Kier alpha value is -4.00. The smallest absolute Gasteiger partial charge is 0.255 e. The molecule has 7 heteroatoms. The zero-order valence-electron chi connectivity index (χ0n) is 19.0. The van der Waals surface area contributed by atoms with Crippen LogP contribution in [-0.2, 0) is 13.2 Å². The fourth-order valence-electron chi connectivity index (χ4n) is 3.13. The fourth-order valence-corrected chi connectivity index (χ4v) is 3.13. The third kappa shape index (κ3) is 5.63. The van der Waals surface area contributed by atoms with Crippen molar-refractivity contribution in [2.45, 2.75) is 33.9 Å². The van der Waals surface area contributed by atoms with Gasteiger partial charge >= 0.3 is 0 Å². The predicted molar refractivity (Wildman–Crippen MR) is 128 cm³/mol. The summed E-state index contributed by atoms with van der Waals surface area (Å²) in [5, 5.41) is 7.72. The maximum absolute atomic E-state index is 13.0.